The maximum Gasteiger partial charge on any atom is 0.307 e. The molecule has 0 aliphatic carbocycles. The number of hydrogen-bond acceptors (Lipinski definition) is 4. The molecule has 134 valence electrons. The minimum Gasteiger partial charge on any atom is -0.469 e. The lowest BCUT2D eigenvalue weighted by Crippen LogP contribution is -2.41. The summed E-state index contributed by atoms with van der Waals surface area (Å²) in [5, 5.41) is 3.62. The van der Waals surface area contributed by atoms with E-state index in [9.17, 15) is 9.59 Å². The predicted octanol–water partition coefficient (Wildman–Crippen LogP) is 2.38. The standard InChI is InChI=1S/C17H30N2O3.ClH/c1-12(2)11-19(7-6-17(21)22-3)16(20)10-13-8-14-4-5-15(9-13)18-14;/h12-15,18H,4-11H2,1-3H3;1H. The second kappa shape index (κ2) is 9.48. The van der Waals surface area contributed by atoms with Crippen molar-refractivity contribution in [2.24, 2.45) is 11.8 Å². The van der Waals surface area contributed by atoms with Crippen LogP contribution in [-0.4, -0.2) is 49.1 Å². The van der Waals surface area contributed by atoms with Gasteiger partial charge in [-0.15, -0.1) is 12.4 Å². The Balaban J connectivity index is 0.00000264. The topological polar surface area (TPSA) is 58.6 Å². The number of ether oxygens (including phenoxy) is 1. The number of hydrogen-bond donors (Lipinski definition) is 1. The maximum atomic E-state index is 12.6. The van der Waals surface area contributed by atoms with Crippen molar-refractivity contribution >= 4 is 24.3 Å². The number of rotatable bonds is 7. The quantitative estimate of drug-likeness (QED) is 0.719. The van der Waals surface area contributed by atoms with Gasteiger partial charge in [-0.3, -0.25) is 9.59 Å². The molecule has 2 rings (SSSR count). The van der Waals surface area contributed by atoms with Crippen LogP contribution in [-0.2, 0) is 14.3 Å². The number of esters is 1. The highest BCUT2D eigenvalue weighted by atomic mass is 35.5. The van der Waals surface area contributed by atoms with Crippen molar-refractivity contribution in [3.63, 3.8) is 0 Å². The first-order valence-electron chi connectivity index (χ1n) is 8.58. The van der Waals surface area contributed by atoms with Crippen molar-refractivity contribution in [3.8, 4) is 0 Å². The van der Waals surface area contributed by atoms with E-state index in [-0.39, 0.29) is 30.7 Å². The van der Waals surface area contributed by atoms with Crippen LogP contribution in [0.25, 0.3) is 0 Å². The molecule has 5 nitrogen and oxygen atoms in total. The van der Waals surface area contributed by atoms with Gasteiger partial charge in [0.2, 0.25) is 5.91 Å². The lowest BCUT2D eigenvalue weighted by molar-refractivity contribution is -0.142. The van der Waals surface area contributed by atoms with Gasteiger partial charge in [0, 0.05) is 31.6 Å². The predicted molar refractivity (Wildman–Crippen MR) is 92.6 cm³/mol. The van der Waals surface area contributed by atoms with E-state index in [0.717, 1.165) is 12.8 Å². The largest absolute Gasteiger partial charge is 0.469 e. The lowest BCUT2D eigenvalue weighted by atomic mass is 9.89. The first kappa shape index (κ1) is 20.2. The van der Waals surface area contributed by atoms with Crippen molar-refractivity contribution < 1.29 is 14.3 Å². The summed E-state index contributed by atoms with van der Waals surface area (Å²) in [4.78, 5) is 25.8. The molecule has 2 heterocycles. The molecule has 0 aromatic heterocycles. The summed E-state index contributed by atoms with van der Waals surface area (Å²) in [6.07, 6.45) is 5.67. The third-order valence-corrected chi connectivity index (χ3v) is 4.79. The summed E-state index contributed by atoms with van der Waals surface area (Å²) in [6, 6.07) is 1.23. The molecule has 2 fully saturated rings. The maximum absolute atomic E-state index is 12.6. The van der Waals surface area contributed by atoms with Crippen LogP contribution in [0.5, 0.6) is 0 Å². The highest BCUT2D eigenvalue weighted by molar-refractivity contribution is 5.85. The van der Waals surface area contributed by atoms with Gasteiger partial charge in [0.25, 0.3) is 0 Å². The zero-order valence-electron chi connectivity index (χ0n) is 14.5. The number of nitrogens with one attached hydrogen (secondary N) is 1. The number of nitrogens with zero attached hydrogens (tertiary/aromatic N) is 1. The first-order valence-corrected chi connectivity index (χ1v) is 8.58. The van der Waals surface area contributed by atoms with Gasteiger partial charge in [-0.05, 0) is 37.5 Å². The Labute approximate surface area is 145 Å². The van der Waals surface area contributed by atoms with E-state index in [1.54, 1.807) is 0 Å². The Morgan fingerprint density at radius 2 is 1.83 bits per heavy atom. The van der Waals surface area contributed by atoms with Crippen molar-refractivity contribution in [2.75, 3.05) is 20.2 Å². The van der Waals surface area contributed by atoms with Gasteiger partial charge >= 0.3 is 5.97 Å². The van der Waals surface area contributed by atoms with E-state index >= 15 is 0 Å². The van der Waals surface area contributed by atoms with Gasteiger partial charge in [-0.2, -0.15) is 0 Å². The zero-order valence-corrected chi connectivity index (χ0v) is 15.4. The Kier molecular flexibility index (Phi) is 8.34. The number of halogens is 1. The molecule has 0 saturated carbocycles. The average molecular weight is 347 g/mol. The molecule has 1 N–H and O–H groups in total. The molecule has 0 radical (unpaired) electrons. The van der Waals surface area contributed by atoms with Crippen molar-refractivity contribution in [1.29, 1.82) is 0 Å². The van der Waals surface area contributed by atoms with Crippen LogP contribution in [0.3, 0.4) is 0 Å². The molecule has 2 saturated heterocycles. The molecular weight excluding hydrogens is 316 g/mol. The third-order valence-electron chi connectivity index (χ3n) is 4.79. The smallest absolute Gasteiger partial charge is 0.307 e. The number of carbonyl (C=O) groups excluding carboxylic acids is 2. The minimum atomic E-state index is -0.249. The highest BCUT2D eigenvalue weighted by Gasteiger charge is 2.34. The number of piperidine rings is 1. The molecule has 2 aliphatic heterocycles. The first-order chi connectivity index (χ1) is 10.5. The summed E-state index contributed by atoms with van der Waals surface area (Å²) in [6.45, 7) is 5.39. The van der Waals surface area contributed by atoms with E-state index in [1.165, 1.54) is 20.0 Å². The van der Waals surface area contributed by atoms with E-state index in [4.69, 9.17) is 0 Å². The molecule has 0 aromatic rings. The van der Waals surface area contributed by atoms with E-state index < -0.39 is 0 Å². The lowest BCUT2D eigenvalue weighted by Gasteiger charge is -2.31. The van der Waals surface area contributed by atoms with Crippen LogP contribution >= 0.6 is 12.4 Å². The zero-order chi connectivity index (χ0) is 16.1. The van der Waals surface area contributed by atoms with Crippen molar-refractivity contribution in [2.45, 2.75) is 64.5 Å². The van der Waals surface area contributed by atoms with Crippen LogP contribution in [0.2, 0.25) is 0 Å². The highest BCUT2D eigenvalue weighted by Crippen LogP contribution is 2.33. The normalized spacial score (nSPS) is 25.8. The van der Waals surface area contributed by atoms with Crippen molar-refractivity contribution in [3.05, 3.63) is 0 Å². The summed E-state index contributed by atoms with van der Waals surface area (Å²) >= 11 is 0. The molecule has 2 unspecified atom stereocenters. The number of carbonyl (C=O) groups is 2. The van der Waals surface area contributed by atoms with Gasteiger partial charge in [0.15, 0.2) is 0 Å². The average Bonchev–Trinajstić information content (AvgIpc) is 2.81. The molecule has 2 bridgehead atoms. The molecular formula is C17H31ClN2O3. The fraction of sp³-hybridized carbons (Fsp3) is 0.882. The van der Waals surface area contributed by atoms with Crippen LogP contribution in [0.4, 0.5) is 0 Å². The number of methoxy groups -OCH3 is 1. The van der Waals surface area contributed by atoms with E-state index in [2.05, 4.69) is 23.9 Å². The number of amides is 1. The van der Waals surface area contributed by atoms with Gasteiger partial charge in [-0.1, -0.05) is 13.8 Å². The van der Waals surface area contributed by atoms with Crippen molar-refractivity contribution in [1.82, 2.24) is 10.2 Å². The minimum absolute atomic E-state index is 0. The summed E-state index contributed by atoms with van der Waals surface area (Å²) < 4.78 is 4.69. The Hall–Kier alpha value is -0.810. The van der Waals surface area contributed by atoms with Gasteiger partial charge in [0.1, 0.15) is 0 Å². The van der Waals surface area contributed by atoms with Crippen LogP contribution < -0.4 is 5.32 Å². The second-order valence-electron chi connectivity index (χ2n) is 7.24. The second-order valence-corrected chi connectivity index (χ2v) is 7.24. The fourth-order valence-electron chi connectivity index (χ4n) is 3.80. The molecule has 2 aliphatic rings. The van der Waals surface area contributed by atoms with E-state index in [1.807, 2.05) is 4.90 Å². The summed E-state index contributed by atoms with van der Waals surface area (Å²) in [5.41, 5.74) is 0. The Morgan fingerprint density at radius 1 is 1.22 bits per heavy atom. The van der Waals surface area contributed by atoms with Crippen LogP contribution in [0.15, 0.2) is 0 Å². The fourth-order valence-corrected chi connectivity index (χ4v) is 3.80. The molecule has 2 atom stereocenters. The number of fused-ring (bicyclic) bond motifs is 2. The molecule has 23 heavy (non-hydrogen) atoms. The van der Waals surface area contributed by atoms with Gasteiger partial charge in [0.05, 0.1) is 13.5 Å². The summed E-state index contributed by atoms with van der Waals surface area (Å²) in [5.74, 6) is 0.857. The molecule has 0 aromatic carbocycles. The molecule has 6 heteroatoms. The Morgan fingerprint density at radius 3 is 2.35 bits per heavy atom. The monoisotopic (exact) mass is 346 g/mol. The van der Waals surface area contributed by atoms with Gasteiger partial charge in [-0.25, -0.2) is 0 Å². The molecule has 1 amide bonds. The van der Waals surface area contributed by atoms with E-state index in [0.29, 0.717) is 43.4 Å². The molecule has 0 spiro atoms. The van der Waals surface area contributed by atoms with Gasteiger partial charge < -0.3 is 15.0 Å². The Bertz CT molecular complexity index is 391. The van der Waals surface area contributed by atoms with Crippen LogP contribution in [0.1, 0.15) is 52.4 Å². The SMILES string of the molecule is COC(=O)CCN(CC(C)C)C(=O)CC1CC2CCC(C1)N2.Cl. The third kappa shape index (κ3) is 6.30. The summed E-state index contributed by atoms with van der Waals surface area (Å²) in [7, 11) is 1.39. The van der Waals surface area contributed by atoms with Crippen LogP contribution in [0, 0.1) is 11.8 Å².